The highest BCUT2D eigenvalue weighted by atomic mass is 16.5. The second-order valence-corrected chi connectivity index (χ2v) is 7.37. The summed E-state index contributed by atoms with van der Waals surface area (Å²) in [7, 11) is 3.25. The van der Waals surface area contributed by atoms with Gasteiger partial charge in [-0.25, -0.2) is 5.01 Å². The van der Waals surface area contributed by atoms with E-state index in [2.05, 4.69) is 4.90 Å². The van der Waals surface area contributed by atoms with E-state index in [9.17, 15) is 4.79 Å². The van der Waals surface area contributed by atoms with Crippen LogP contribution in [0.1, 0.15) is 23.6 Å². The Hall–Kier alpha value is -2.90. The molecular formula is C23H27N3O4. The zero-order chi connectivity index (χ0) is 20.9. The third-order valence-corrected chi connectivity index (χ3v) is 5.53. The second kappa shape index (κ2) is 9.28. The van der Waals surface area contributed by atoms with Crippen molar-refractivity contribution >= 4 is 11.6 Å². The summed E-state index contributed by atoms with van der Waals surface area (Å²) in [5.74, 6) is 1.39. The van der Waals surface area contributed by atoms with Crippen LogP contribution in [0.3, 0.4) is 0 Å². The molecule has 0 saturated carbocycles. The van der Waals surface area contributed by atoms with E-state index >= 15 is 0 Å². The maximum Gasteiger partial charge on any atom is 0.257 e. The van der Waals surface area contributed by atoms with E-state index in [1.807, 2.05) is 48.5 Å². The van der Waals surface area contributed by atoms with Crippen LogP contribution in [0.25, 0.3) is 0 Å². The molecule has 1 atom stereocenters. The van der Waals surface area contributed by atoms with Crippen molar-refractivity contribution in [3.8, 4) is 11.5 Å². The summed E-state index contributed by atoms with van der Waals surface area (Å²) in [5, 5.41) is 6.41. The molecule has 0 N–H and O–H groups in total. The monoisotopic (exact) mass is 409 g/mol. The minimum atomic E-state index is -0.137. The van der Waals surface area contributed by atoms with E-state index in [0.29, 0.717) is 37.7 Å². The maximum atomic E-state index is 13.2. The predicted octanol–water partition coefficient (Wildman–Crippen LogP) is 2.71. The van der Waals surface area contributed by atoms with Gasteiger partial charge in [0.2, 0.25) is 0 Å². The first-order valence-corrected chi connectivity index (χ1v) is 10.2. The Morgan fingerprint density at radius 1 is 1.10 bits per heavy atom. The molecule has 2 aromatic rings. The number of hydrogen-bond acceptors (Lipinski definition) is 6. The topological polar surface area (TPSA) is 63.6 Å². The third kappa shape index (κ3) is 4.32. The summed E-state index contributed by atoms with van der Waals surface area (Å²) in [6.07, 6.45) is 0.627. The van der Waals surface area contributed by atoms with Crippen LogP contribution in [-0.4, -0.2) is 68.6 Å². The molecule has 0 aromatic heterocycles. The van der Waals surface area contributed by atoms with Gasteiger partial charge in [0.25, 0.3) is 5.91 Å². The Bertz CT molecular complexity index is 910. The van der Waals surface area contributed by atoms with Crippen LogP contribution >= 0.6 is 0 Å². The molecule has 1 saturated heterocycles. The number of benzene rings is 2. The average Bonchev–Trinajstić information content (AvgIpc) is 3.25. The van der Waals surface area contributed by atoms with E-state index in [-0.39, 0.29) is 11.9 Å². The first-order chi connectivity index (χ1) is 14.7. The van der Waals surface area contributed by atoms with Crippen molar-refractivity contribution in [1.82, 2.24) is 9.91 Å². The molecule has 0 bridgehead atoms. The van der Waals surface area contributed by atoms with Crippen LogP contribution in [0.2, 0.25) is 0 Å². The van der Waals surface area contributed by atoms with E-state index < -0.39 is 0 Å². The number of carbonyl (C=O) groups is 1. The fourth-order valence-corrected chi connectivity index (χ4v) is 3.90. The quantitative estimate of drug-likeness (QED) is 0.734. The molecule has 0 spiro atoms. The van der Waals surface area contributed by atoms with Gasteiger partial charge < -0.3 is 14.2 Å². The Balaban J connectivity index is 1.63. The number of hydrogen-bond donors (Lipinski definition) is 0. The number of carbonyl (C=O) groups excluding carboxylic acids is 1. The van der Waals surface area contributed by atoms with E-state index in [0.717, 1.165) is 29.9 Å². The third-order valence-electron chi connectivity index (χ3n) is 5.53. The Morgan fingerprint density at radius 2 is 1.87 bits per heavy atom. The zero-order valence-electron chi connectivity index (χ0n) is 17.4. The molecule has 0 radical (unpaired) electrons. The van der Waals surface area contributed by atoms with Crippen molar-refractivity contribution in [2.24, 2.45) is 5.10 Å². The van der Waals surface area contributed by atoms with Crippen LogP contribution in [0.15, 0.2) is 53.6 Å². The molecule has 2 aromatic carbocycles. The van der Waals surface area contributed by atoms with Crippen LogP contribution in [-0.2, 0) is 9.53 Å². The summed E-state index contributed by atoms with van der Waals surface area (Å²) in [6, 6.07) is 15.6. The average molecular weight is 409 g/mol. The summed E-state index contributed by atoms with van der Waals surface area (Å²) >= 11 is 0. The highest BCUT2D eigenvalue weighted by molar-refractivity contribution is 6.05. The van der Waals surface area contributed by atoms with Gasteiger partial charge in [-0.15, -0.1) is 0 Å². The van der Waals surface area contributed by atoms with Gasteiger partial charge in [-0.05, 0) is 17.7 Å². The fraction of sp³-hybridized carbons (Fsp3) is 0.391. The predicted molar refractivity (Wildman–Crippen MR) is 114 cm³/mol. The normalized spacial score (nSPS) is 19.5. The number of hydrazone groups is 1. The molecular weight excluding hydrogens is 382 g/mol. The van der Waals surface area contributed by atoms with Crippen molar-refractivity contribution < 1.29 is 19.0 Å². The second-order valence-electron chi connectivity index (χ2n) is 7.37. The van der Waals surface area contributed by atoms with Gasteiger partial charge >= 0.3 is 0 Å². The SMILES string of the molecule is COc1ccc(C2=NN(C(=O)CN3CCOCC3)[C@@H](c3ccccc3)C2)c(OC)c1. The van der Waals surface area contributed by atoms with Gasteiger partial charge in [0.05, 0.1) is 45.7 Å². The summed E-state index contributed by atoms with van der Waals surface area (Å²) in [4.78, 5) is 15.3. The lowest BCUT2D eigenvalue weighted by Gasteiger charge is -2.29. The van der Waals surface area contributed by atoms with Gasteiger partial charge in [-0.1, -0.05) is 30.3 Å². The first kappa shape index (κ1) is 20.4. The Morgan fingerprint density at radius 3 is 2.57 bits per heavy atom. The van der Waals surface area contributed by atoms with Crippen molar-refractivity contribution in [2.45, 2.75) is 12.5 Å². The molecule has 1 amide bonds. The zero-order valence-corrected chi connectivity index (χ0v) is 17.4. The molecule has 2 heterocycles. The molecule has 158 valence electrons. The van der Waals surface area contributed by atoms with Gasteiger partial charge in [0.1, 0.15) is 11.5 Å². The molecule has 7 nitrogen and oxygen atoms in total. The molecule has 2 aliphatic rings. The number of ether oxygens (including phenoxy) is 3. The molecule has 30 heavy (non-hydrogen) atoms. The van der Waals surface area contributed by atoms with Crippen molar-refractivity contribution in [3.05, 3.63) is 59.7 Å². The number of rotatable bonds is 6. The highest BCUT2D eigenvalue weighted by Crippen LogP contribution is 2.36. The summed E-state index contributed by atoms with van der Waals surface area (Å²) in [6.45, 7) is 3.18. The lowest BCUT2D eigenvalue weighted by molar-refractivity contribution is -0.135. The van der Waals surface area contributed by atoms with Crippen LogP contribution in [0.5, 0.6) is 11.5 Å². The lowest BCUT2D eigenvalue weighted by atomic mass is 9.98. The van der Waals surface area contributed by atoms with Gasteiger partial charge in [0.15, 0.2) is 0 Å². The largest absolute Gasteiger partial charge is 0.497 e. The Kier molecular flexibility index (Phi) is 6.30. The molecule has 7 heteroatoms. The van der Waals surface area contributed by atoms with Crippen molar-refractivity contribution in [2.75, 3.05) is 47.1 Å². The standard InChI is InChI=1S/C23H27N3O4/c1-28-18-8-9-19(22(14-18)29-2)20-15-21(17-6-4-3-5-7-17)26(24-20)23(27)16-25-10-12-30-13-11-25/h3-9,14,21H,10-13,15-16H2,1-2H3/t21-/m1/s1. The first-order valence-electron chi connectivity index (χ1n) is 10.2. The van der Waals surface area contributed by atoms with Crippen molar-refractivity contribution in [3.63, 3.8) is 0 Å². The van der Waals surface area contributed by atoms with Gasteiger partial charge in [-0.2, -0.15) is 5.10 Å². The van der Waals surface area contributed by atoms with Gasteiger partial charge in [-0.3, -0.25) is 9.69 Å². The number of amides is 1. The lowest BCUT2D eigenvalue weighted by Crippen LogP contribution is -2.43. The highest BCUT2D eigenvalue weighted by Gasteiger charge is 2.34. The van der Waals surface area contributed by atoms with E-state index in [1.165, 1.54) is 0 Å². The number of methoxy groups -OCH3 is 2. The molecule has 2 aliphatic heterocycles. The van der Waals surface area contributed by atoms with Crippen LogP contribution in [0.4, 0.5) is 0 Å². The molecule has 1 fully saturated rings. The minimum absolute atomic E-state index is 0.00627. The van der Waals surface area contributed by atoms with Gasteiger partial charge in [0, 0.05) is 31.1 Å². The van der Waals surface area contributed by atoms with E-state index in [1.54, 1.807) is 19.2 Å². The molecule has 0 unspecified atom stereocenters. The summed E-state index contributed by atoms with van der Waals surface area (Å²) in [5.41, 5.74) is 2.78. The summed E-state index contributed by atoms with van der Waals surface area (Å²) < 4.78 is 16.3. The maximum absolute atomic E-state index is 13.2. The van der Waals surface area contributed by atoms with Crippen LogP contribution < -0.4 is 9.47 Å². The van der Waals surface area contributed by atoms with E-state index in [4.69, 9.17) is 19.3 Å². The molecule has 0 aliphatic carbocycles. The fourth-order valence-electron chi connectivity index (χ4n) is 3.90. The van der Waals surface area contributed by atoms with Crippen molar-refractivity contribution in [1.29, 1.82) is 0 Å². The molecule has 4 rings (SSSR count). The smallest absolute Gasteiger partial charge is 0.257 e. The number of nitrogens with zero attached hydrogens (tertiary/aromatic N) is 3. The minimum Gasteiger partial charge on any atom is -0.497 e. The number of morpholine rings is 1. The Labute approximate surface area is 176 Å². The van der Waals surface area contributed by atoms with Crippen LogP contribution in [0, 0.1) is 0 Å².